The number of halogens is 1. The predicted molar refractivity (Wildman–Crippen MR) is 86.5 cm³/mol. The lowest BCUT2D eigenvalue weighted by Crippen LogP contribution is -2.31. The summed E-state index contributed by atoms with van der Waals surface area (Å²) in [4.78, 5) is 12.0. The van der Waals surface area contributed by atoms with Crippen LogP contribution in [0.5, 0.6) is 11.5 Å². The molecule has 2 amide bonds. The Labute approximate surface area is 134 Å². The van der Waals surface area contributed by atoms with Gasteiger partial charge in [0.25, 0.3) is 0 Å². The zero-order valence-electron chi connectivity index (χ0n) is 13.2. The number of carbonyl (C=O) groups excluding carboxylic acids is 1. The van der Waals surface area contributed by atoms with Gasteiger partial charge in [0.05, 0.1) is 25.9 Å². The summed E-state index contributed by atoms with van der Waals surface area (Å²) in [6.07, 6.45) is 0. The number of carbonyl (C=O) groups is 1. The third kappa shape index (κ3) is 4.12. The van der Waals surface area contributed by atoms with Crippen LogP contribution >= 0.6 is 0 Å². The van der Waals surface area contributed by atoms with E-state index in [-0.39, 0.29) is 11.7 Å². The Morgan fingerprint density at radius 1 is 1.13 bits per heavy atom. The van der Waals surface area contributed by atoms with Gasteiger partial charge in [0.2, 0.25) is 0 Å². The molecule has 0 aliphatic carbocycles. The van der Waals surface area contributed by atoms with Gasteiger partial charge in [-0.15, -0.1) is 0 Å². The molecule has 2 aromatic carbocycles. The van der Waals surface area contributed by atoms with Gasteiger partial charge in [-0.05, 0) is 37.3 Å². The predicted octanol–water partition coefficient (Wildman–Crippen LogP) is 3.73. The van der Waals surface area contributed by atoms with Gasteiger partial charge >= 0.3 is 6.03 Å². The van der Waals surface area contributed by atoms with E-state index >= 15 is 0 Å². The van der Waals surface area contributed by atoms with Crippen molar-refractivity contribution in [3.63, 3.8) is 0 Å². The minimum absolute atomic E-state index is 0.120. The van der Waals surface area contributed by atoms with Crippen LogP contribution in [0.2, 0.25) is 0 Å². The summed E-state index contributed by atoms with van der Waals surface area (Å²) >= 11 is 0. The van der Waals surface area contributed by atoms with Crippen LogP contribution in [0, 0.1) is 5.82 Å². The molecular formula is C17H19FN2O3. The topological polar surface area (TPSA) is 59.6 Å². The van der Waals surface area contributed by atoms with Crippen molar-refractivity contribution >= 4 is 11.7 Å². The van der Waals surface area contributed by atoms with Gasteiger partial charge in [0.15, 0.2) is 0 Å². The first-order valence-corrected chi connectivity index (χ1v) is 7.09. The zero-order chi connectivity index (χ0) is 16.8. The van der Waals surface area contributed by atoms with Crippen LogP contribution in [-0.4, -0.2) is 20.3 Å². The molecule has 122 valence electrons. The minimum Gasteiger partial charge on any atom is -0.497 e. The first kappa shape index (κ1) is 16.6. The van der Waals surface area contributed by atoms with Crippen molar-refractivity contribution in [2.45, 2.75) is 13.0 Å². The second-order valence-electron chi connectivity index (χ2n) is 4.91. The fourth-order valence-corrected chi connectivity index (χ4v) is 2.17. The number of benzene rings is 2. The highest BCUT2D eigenvalue weighted by Gasteiger charge is 2.16. The molecule has 0 saturated heterocycles. The Hall–Kier alpha value is -2.76. The van der Waals surface area contributed by atoms with Gasteiger partial charge in [-0.2, -0.15) is 0 Å². The van der Waals surface area contributed by atoms with Crippen LogP contribution < -0.4 is 20.1 Å². The highest BCUT2D eigenvalue weighted by atomic mass is 19.1. The summed E-state index contributed by atoms with van der Waals surface area (Å²) in [6, 6.07) is 10.4. The number of anilines is 1. The minimum atomic E-state index is -0.507. The van der Waals surface area contributed by atoms with Gasteiger partial charge < -0.3 is 20.1 Å². The Morgan fingerprint density at radius 2 is 1.87 bits per heavy atom. The monoisotopic (exact) mass is 318 g/mol. The molecule has 0 aliphatic heterocycles. The average Bonchev–Trinajstić information content (AvgIpc) is 2.56. The molecule has 0 aromatic heterocycles. The second-order valence-corrected chi connectivity index (χ2v) is 4.91. The quantitative estimate of drug-likeness (QED) is 0.883. The first-order valence-electron chi connectivity index (χ1n) is 7.09. The fraction of sp³-hybridized carbons (Fsp3) is 0.235. The lowest BCUT2D eigenvalue weighted by molar-refractivity contribution is 0.249. The molecular weight excluding hydrogens is 299 g/mol. The number of nitrogens with one attached hydrogen (secondary N) is 2. The van der Waals surface area contributed by atoms with E-state index in [1.54, 1.807) is 51.5 Å². The summed E-state index contributed by atoms with van der Waals surface area (Å²) in [5.74, 6) is 0.794. The van der Waals surface area contributed by atoms with Crippen molar-refractivity contribution in [3.8, 4) is 11.5 Å². The van der Waals surface area contributed by atoms with E-state index in [9.17, 15) is 9.18 Å². The number of amides is 2. The van der Waals surface area contributed by atoms with E-state index < -0.39 is 11.8 Å². The number of hydrogen-bond acceptors (Lipinski definition) is 3. The molecule has 6 heteroatoms. The van der Waals surface area contributed by atoms with Crippen LogP contribution in [0.25, 0.3) is 0 Å². The van der Waals surface area contributed by atoms with Crippen molar-refractivity contribution in [2.75, 3.05) is 19.5 Å². The van der Waals surface area contributed by atoms with Crippen molar-refractivity contribution in [1.82, 2.24) is 5.32 Å². The van der Waals surface area contributed by atoms with Crippen molar-refractivity contribution < 1.29 is 18.7 Å². The van der Waals surface area contributed by atoms with E-state index in [0.717, 1.165) is 5.56 Å². The maximum atomic E-state index is 13.5. The summed E-state index contributed by atoms with van der Waals surface area (Å²) < 4.78 is 24.0. The van der Waals surface area contributed by atoms with Crippen molar-refractivity contribution in [1.29, 1.82) is 0 Å². The van der Waals surface area contributed by atoms with Crippen LogP contribution in [0.1, 0.15) is 18.5 Å². The maximum Gasteiger partial charge on any atom is 0.319 e. The number of hydrogen-bond donors (Lipinski definition) is 2. The van der Waals surface area contributed by atoms with Crippen LogP contribution in [0.3, 0.4) is 0 Å². The number of para-hydroxylation sites is 1. The van der Waals surface area contributed by atoms with Gasteiger partial charge in [0, 0.05) is 5.56 Å². The molecule has 0 spiro atoms. The SMILES string of the molecule is COc1ccc(OC)c(C(C)NC(=O)Nc2ccccc2F)c1. The molecule has 1 atom stereocenters. The van der Waals surface area contributed by atoms with E-state index in [4.69, 9.17) is 9.47 Å². The number of ether oxygens (including phenoxy) is 2. The summed E-state index contributed by atoms with van der Waals surface area (Å²) in [5, 5.41) is 5.23. The largest absolute Gasteiger partial charge is 0.497 e. The van der Waals surface area contributed by atoms with Gasteiger partial charge in [-0.3, -0.25) is 0 Å². The second kappa shape index (κ2) is 7.49. The molecule has 2 rings (SSSR count). The Kier molecular flexibility index (Phi) is 5.41. The maximum absolute atomic E-state index is 13.5. The fourth-order valence-electron chi connectivity index (χ4n) is 2.17. The van der Waals surface area contributed by atoms with Gasteiger partial charge in [-0.1, -0.05) is 12.1 Å². The van der Waals surface area contributed by atoms with E-state index in [0.29, 0.717) is 11.5 Å². The molecule has 0 bridgehead atoms. The Balaban J connectivity index is 2.10. The van der Waals surface area contributed by atoms with Crippen molar-refractivity contribution in [2.24, 2.45) is 0 Å². The Morgan fingerprint density at radius 3 is 2.52 bits per heavy atom. The van der Waals surface area contributed by atoms with E-state index in [1.807, 2.05) is 0 Å². The zero-order valence-corrected chi connectivity index (χ0v) is 13.2. The smallest absolute Gasteiger partial charge is 0.319 e. The van der Waals surface area contributed by atoms with Gasteiger partial charge in [0.1, 0.15) is 17.3 Å². The first-order chi connectivity index (χ1) is 11.0. The van der Waals surface area contributed by atoms with E-state index in [1.165, 1.54) is 12.1 Å². The summed E-state index contributed by atoms with van der Waals surface area (Å²) in [5.41, 5.74) is 0.880. The standard InChI is InChI=1S/C17H19FN2O3/c1-11(13-10-12(22-2)8-9-16(13)23-3)19-17(21)20-15-7-5-4-6-14(15)18/h4-11H,1-3H3,(H2,19,20,21). The molecule has 0 radical (unpaired) electrons. The molecule has 0 saturated carbocycles. The third-order valence-corrected chi connectivity index (χ3v) is 3.37. The van der Waals surface area contributed by atoms with E-state index in [2.05, 4.69) is 10.6 Å². The highest BCUT2D eigenvalue weighted by Crippen LogP contribution is 2.29. The van der Waals surface area contributed by atoms with Crippen LogP contribution in [0.4, 0.5) is 14.9 Å². The summed E-state index contributed by atoms with van der Waals surface area (Å²) in [6.45, 7) is 1.80. The molecule has 2 N–H and O–H groups in total. The van der Waals surface area contributed by atoms with Crippen LogP contribution in [0.15, 0.2) is 42.5 Å². The highest BCUT2D eigenvalue weighted by molar-refractivity contribution is 5.89. The number of rotatable bonds is 5. The third-order valence-electron chi connectivity index (χ3n) is 3.37. The lowest BCUT2D eigenvalue weighted by Gasteiger charge is -2.18. The molecule has 0 aliphatic rings. The average molecular weight is 318 g/mol. The van der Waals surface area contributed by atoms with Crippen molar-refractivity contribution in [3.05, 3.63) is 53.8 Å². The molecule has 5 nitrogen and oxygen atoms in total. The van der Waals surface area contributed by atoms with Crippen LogP contribution in [-0.2, 0) is 0 Å². The number of urea groups is 1. The molecule has 2 aromatic rings. The van der Waals surface area contributed by atoms with Gasteiger partial charge in [-0.25, -0.2) is 9.18 Å². The molecule has 0 fully saturated rings. The lowest BCUT2D eigenvalue weighted by atomic mass is 10.1. The Bertz CT molecular complexity index is 691. The number of methoxy groups -OCH3 is 2. The molecule has 23 heavy (non-hydrogen) atoms. The molecule has 1 unspecified atom stereocenters. The normalized spacial score (nSPS) is 11.5. The summed E-state index contributed by atoms with van der Waals surface area (Å²) in [7, 11) is 3.12. The molecule has 0 heterocycles.